The molecule has 0 spiro atoms. The summed E-state index contributed by atoms with van der Waals surface area (Å²) in [6, 6.07) is 10.3. The van der Waals surface area contributed by atoms with Crippen LogP contribution in [0.25, 0.3) is 5.69 Å². The fraction of sp³-hybridized carbons (Fsp3) is 0.250. The average molecular weight is 379 g/mol. The first-order valence-electron chi connectivity index (χ1n) is 7.05. The van der Waals surface area contributed by atoms with Crippen LogP contribution < -0.4 is 10.7 Å². The predicted molar refractivity (Wildman–Crippen MR) is 99.9 cm³/mol. The number of nitrogens with one attached hydrogen (secondary N) is 2. The molecule has 0 amide bonds. The number of halogens is 1. The molecule has 6 heteroatoms. The lowest BCUT2D eigenvalue weighted by Gasteiger charge is -2.11. The SMILES string of the molecule is CCNC(=S)N/N=C\c1cc(C)n(-c2ccccc2Br)c1C. The third-order valence-corrected chi connectivity index (χ3v) is 4.18. The highest BCUT2D eigenvalue weighted by atomic mass is 79.9. The highest BCUT2D eigenvalue weighted by Crippen LogP contribution is 2.25. The van der Waals surface area contributed by atoms with E-state index in [1.807, 2.05) is 25.1 Å². The second-order valence-corrected chi connectivity index (χ2v) is 6.11. The molecule has 2 rings (SSSR count). The summed E-state index contributed by atoms with van der Waals surface area (Å²) >= 11 is 8.69. The number of aromatic nitrogens is 1. The Morgan fingerprint density at radius 3 is 2.77 bits per heavy atom. The Bertz CT molecular complexity index is 706. The molecule has 2 N–H and O–H groups in total. The van der Waals surface area contributed by atoms with E-state index in [2.05, 4.69) is 62.3 Å². The molecule has 1 aromatic carbocycles. The van der Waals surface area contributed by atoms with Crippen LogP contribution in [0.2, 0.25) is 0 Å². The van der Waals surface area contributed by atoms with Crippen molar-refractivity contribution in [1.82, 2.24) is 15.3 Å². The van der Waals surface area contributed by atoms with E-state index in [0.717, 1.165) is 33.7 Å². The van der Waals surface area contributed by atoms with E-state index in [0.29, 0.717) is 5.11 Å². The fourth-order valence-electron chi connectivity index (χ4n) is 2.28. The second kappa shape index (κ2) is 7.56. The molecular formula is C16H19BrN4S. The highest BCUT2D eigenvalue weighted by Gasteiger charge is 2.11. The van der Waals surface area contributed by atoms with Crippen molar-refractivity contribution in [1.29, 1.82) is 0 Å². The van der Waals surface area contributed by atoms with Gasteiger partial charge in [0.05, 0.1) is 11.9 Å². The molecular weight excluding hydrogens is 360 g/mol. The lowest BCUT2D eigenvalue weighted by atomic mass is 10.2. The minimum absolute atomic E-state index is 0.526. The van der Waals surface area contributed by atoms with Gasteiger partial charge in [-0.25, -0.2) is 0 Å². The maximum absolute atomic E-state index is 5.08. The third-order valence-electron chi connectivity index (χ3n) is 3.27. The topological polar surface area (TPSA) is 41.4 Å². The van der Waals surface area contributed by atoms with Gasteiger partial charge >= 0.3 is 0 Å². The van der Waals surface area contributed by atoms with Crippen molar-refractivity contribution >= 4 is 39.5 Å². The van der Waals surface area contributed by atoms with Crippen LogP contribution in [0, 0.1) is 13.8 Å². The lowest BCUT2D eigenvalue weighted by molar-refractivity contribution is 0.903. The summed E-state index contributed by atoms with van der Waals surface area (Å²) in [4.78, 5) is 0. The first-order valence-corrected chi connectivity index (χ1v) is 8.25. The summed E-state index contributed by atoms with van der Waals surface area (Å²) < 4.78 is 3.26. The number of hydrogen-bond acceptors (Lipinski definition) is 2. The Balaban J connectivity index is 2.26. The third kappa shape index (κ3) is 3.75. The molecule has 0 radical (unpaired) electrons. The minimum Gasteiger partial charge on any atom is -0.362 e. The number of nitrogens with zero attached hydrogens (tertiary/aromatic N) is 2. The zero-order chi connectivity index (χ0) is 16.1. The van der Waals surface area contributed by atoms with Crippen molar-refractivity contribution < 1.29 is 0 Å². The van der Waals surface area contributed by atoms with E-state index in [4.69, 9.17) is 12.2 Å². The van der Waals surface area contributed by atoms with Crippen LogP contribution in [0.4, 0.5) is 0 Å². The zero-order valence-corrected chi connectivity index (χ0v) is 15.3. The number of thiocarbonyl (C=S) groups is 1. The normalized spacial score (nSPS) is 10.9. The van der Waals surface area contributed by atoms with Gasteiger partial charge in [-0.3, -0.25) is 5.43 Å². The summed E-state index contributed by atoms with van der Waals surface area (Å²) in [5.74, 6) is 0. The largest absolute Gasteiger partial charge is 0.362 e. The summed E-state index contributed by atoms with van der Waals surface area (Å²) in [5, 5.41) is 7.71. The number of para-hydroxylation sites is 1. The van der Waals surface area contributed by atoms with Gasteiger partial charge in [-0.15, -0.1) is 0 Å². The molecule has 116 valence electrons. The second-order valence-electron chi connectivity index (χ2n) is 4.84. The smallest absolute Gasteiger partial charge is 0.186 e. The van der Waals surface area contributed by atoms with E-state index < -0.39 is 0 Å². The Morgan fingerprint density at radius 2 is 2.09 bits per heavy atom. The van der Waals surface area contributed by atoms with Crippen molar-refractivity contribution in [2.45, 2.75) is 20.8 Å². The Morgan fingerprint density at radius 1 is 1.36 bits per heavy atom. The molecule has 0 aliphatic heterocycles. The van der Waals surface area contributed by atoms with Crippen molar-refractivity contribution in [3.8, 4) is 5.69 Å². The molecule has 0 fully saturated rings. The number of aryl methyl sites for hydroxylation is 1. The number of hydrogen-bond donors (Lipinski definition) is 2. The van der Waals surface area contributed by atoms with Crippen LogP contribution in [-0.4, -0.2) is 22.4 Å². The predicted octanol–water partition coefficient (Wildman–Crippen LogP) is 3.67. The van der Waals surface area contributed by atoms with Crippen LogP contribution in [-0.2, 0) is 0 Å². The van der Waals surface area contributed by atoms with Crippen molar-refractivity contribution in [3.05, 3.63) is 51.8 Å². The Labute approximate surface area is 144 Å². The van der Waals surface area contributed by atoms with E-state index >= 15 is 0 Å². The summed E-state index contributed by atoms with van der Waals surface area (Å²) in [5.41, 5.74) is 7.27. The quantitative estimate of drug-likeness (QED) is 0.484. The molecule has 1 aromatic heterocycles. The Hall–Kier alpha value is -1.66. The van der Waals surface area contributed by atoms with Gasteiger partial charge in [0, 0.05) is 28.0 Å². The van der Waals surface area contributed by atoms with Gasteiger partial charge in [-0.2, -0.15) is 5.10 Å². The molecule has 0 atom stereocenters. The Kier molecular flexibility index (Phi) is 5.74. The van der Waals surface area contributed by atoms with Crippen molar-refractivity contribution in [3.63, 3.8) is 0 Å². The number of hydrazone groups is 1. The first-order chi connectivity index (χ1) is 10.5. The lowest BCUT2D eigenvalue weighted by Crippen LogP contribution is -2.31. The van der Waals surface area contributed by atoms with E-state index in [9.17, 15) is 0 Å². The van der Waals surface area contributed by atoms with Crippen molar-refractivity contribution in [2.75, 3.05) is 6.54 Å². The molecule has 0 aliphatic rings. The van der Waals surface area contributed by atoms with E-state index in [1.165, 1.54) is 0 Å². The first kappa shape index (κ1) is 16.7. The molecule has 0 aliphatic carbocycles. The number of rotatable bonds is 4. The van der Waals surface area contributed by atoms with Gasteiger partial charge < -0.3 is 9.88 Å². The maximum Gasteiger partial charge on any atom is 0.186 e. The molecule has 22 heavy (non-hydrogen) atoms. The summed E-state index contributed by atoms with van der Waals surface area (Å²) in [6.07, 6.45) is 1.79. The zero-order valence-electron chi connectivity index (χ0n) is 12.9. The van der Waals surface area contributed by atoms with Gasteiger partial charge in [-0.05, 0) is 67.1 Å². The maximum atomic E-state index is 5.08. The van der Waals surface area contributed by atoms with E-state index in [-0.39, 0.29) is 0 Å². The van der Waals surface area contributed by atoms with Gasteiger partial charge in [0.2, 0.25) is 0 Å². The molecule has 2 aromatic rings. The van der Waals surface area contributed by atoms with Gasteiger partial charge in [-0.1, -0.05) is 12.1 Å². The molecule has 4 nitrogen and oxygen atoms in total. The van der Waals surface area contributed by atoms with Crippen molar-refractivity contribution in [2.24, 2.45) is 5.10 Å². The standard InChI is InChI=1S/C16H19BrN4S/c1-4-18-16(22)20-19-10-13-9-11(2)21(12(13)3)15-8-6-5-7-14(15)17/h5-10H,4H2,1-3H3,(H2,18,20,22)/b19-10-. The van der Waals surface area contributed by atoms with Gasteiger partial charge in [0.25, 0.3) is 0 Å². The number of benzene rings is 1. The molecule has 0 saturated carbocycles. The van der Waals surface area contributed by atoms with Crippen LogP contribution in [0.1, 0.15) is 23.9 Å². The van der Waals surface area contributed by atoms with Crippen LogP contribution in [0.5, 0.6) is 0 Å². The van der Waals surface area contributed by atoms with Crippen LogP contribution in [0.3, 0.4) is 0 Å². The molecule has 0 saturated heterocycles. The molecule has 0 bridgehead atoms. The fourth-order valence-corrected chi connectivity index (χ4v) is 2.94. The minimum atomic E-state index is 0.526. The molecule has 0 unspecified atom stereocenters. The average Bonchev–Trinajstić information content (AvgIpc) is 2.75. The van der Waals surface area contributed by atoms with Gasteiger partial charge in [0.1, 0.15) is 0 Å². The summed E-state index contributed by atoms with van der Waals surface area (Å²) in [7, 11) is 0. The molecule has 1 heterocycles. The van der Waals surface area contributed by atoms with Gasteiger partial charge in [0.15, 0.2) is 5.11 Å². The summed E-state index contributed by atoms with van der Waals surface area (Å²) in [6.45, 7) is 6.93. The van der Waals surface area contributed by atoms with E-state index in [1.54, 1.807) is 6.21 Å². The van der Waals surface area contributed by atoms with Crippen LogP contribution in [0.15, 0.2) is 39.9 Å². The van der Waals surface area contributed by atoms with Crippen LogP contribution >= 0.6 is 28.1 Å². The monoisotopic (exact) mass is 378 g/mol. The highest BCUT2D eigenvalue weighted by molar-refractivity contribution is 9.10.